The summed E-state index contributed by atoms with van der Waals surface area (Å²) in [6, 6.07) is 3.79. The highest BCUT2D eigenvalue weighted by Crippen LogP contribution is 2.10. The molecule has 0 aliphatic heterocycles. The first-order valence-corrected chi connectivity index (χ1v) is 3.01. The molecular weight excluding hydrogens is 118 g/mol. The van der Waals surface area contributed by atoms with Gasteiger partial charge in [0.1, 0.15) is 0 Å². The van der Waals surface area contributed by atoms with Crippen molar-refractivity contribution in [3.8, 4) is 6.07 Å². The normalized spacial score (nSPS) is 8.50. The van der Waals surface area contributed by atoms with Crippen LogP contribution in [-0.2, 0) is 0 Å². The molecule has 1 aromatic heterocycles. The summed E-state index contributed by atoms with van der Waals surface area (Å²) in [6.07, 6.45) is 0. The fraction of sp³-hybridized carbons (Fsp3) is 0. The van der Waals surface area contributed by atoms with E-state index in [-0.39, 0.29) is 0 Å². The second-order valence-corrected chi connectivity index (χ2v) is 2.41. The Bertz CT molecular complexity index is 219. The van der Waals surface area contributed by atoms with Crippen molar-refractivity contribution in [2.45, 2.75) is 0 Å². The predicted octanol–water partition coefficient (Wildman–Crippen LogP) is 1.80. The van der Waals surface area contributed by atoms with Crippen molar-refractivity contribution in [3.63, 3.8) is 0 Å². The number of rotatable bonds is 0. The highest BCUT2D eigenvalue weighted by molar-refractivity contribution is 7.10. The summed E-state index contributed by atoms with van der Waals surface area (Å²) in [5.41, 5.74) is 0.708. The molecule has 0 aromatic carbocycles. The van der Waals surface area contributed by atoms with Crippen LogP contribution in [0.2, 0.25) is 0 Å². The Hall–Kier alpha value is -0.810. The Labute approximate surface area is 52.2 Å². The maximum absolute atomic E-state index is 8.28. The zero-order valence-corrected chi connectivity index (χ0v) is 5.03. The van der Waals surface area contributed by atoms with Gasteiger partial charge in [0.25, 0.3) is 0 Å². The first-order chi connectivity index (χ1) is 3.83. The molecule has 0 N–H and O–H groups in total. The molecule has 0 saturated carbocycles. The van der Waals surface area contributed by atoms with E-state index >= 15 is 0 Å². The quantitative estimate of drug-likeness (QED) is 0.514. The summed E-state index contributed by atoms with van der Waals surface area (Å²) in [7, 11) is 0. The summed E-state index contributed by atoms with van der Waals surface area (Å²) in [6.45, 7) is 3.66. The van der Waals surface area contributed by atoms with Crippen LogP contribution >= 0.6 is 11.3 Å². The number of nitriles is 1. The summed E-state index contributed by atoms with van der Waals surface area (Å²) >= 11 is 1.50. The molecule has 39 valence electrons. The van der Waals surface area contributed by atoms with E-state index in [0.29, 0.717) is 5.56 Å². The molecular formula is C6H4NS. The topological polar surface area (TPSA) is 23.8 Å². The highest BCUT2D eigenvalue weighted by Gasteiger charge is 1.89. The van der Waals surface area contributed by atoms with Crippen molar-refractivity contribution in [1.29, 1.82) is 5.26 Å². The minimum Gasteiger partial charge on any atom is -0.192 e. The SMILES string of the molecule is [CH2]c1cc(C#N)cs1. The Balaban J connectivity index is 3.05. The molecule has 1 aromatic rings. The van der Waals surface area contributed by atoms with Crippen LogP contribution in [0.25, 0.3) is 0 Å². The standard InChI is InChI=1S/C6H4NS/c1-5-2-6(3-7)4-8-5/h2,4H,1H2. The van der Waals surface area contributed by atoms with E-state index in [4.69, 9.17) is 5.26 Å². The van der Waals surface area contributed by atoms with Gasteiger partial charge in [-0.05, 0) is 13.0 Å². The third-order valence-electron chi connectivity index (χ3n) is 0.783. The molecule has 0 fully saturated rings. The minimum absolute atomic E-state index is 0.708. The van der Waals surface area contributed by atoms with Crippen molar-refractivity contribution in [1.82, 2.24) is 0 Å². The van der Waals surface area contributed by atoms with Gasteiger partial charge in [0.15, 0.2) is 0 Å². The zero-order valence-electron chi connectivity index (χ0n) is 4.22. The van der Waals surface area contributed by atoms with Crippen molar-refractivity contribution in [2.75, 3.05) is 0 Å². The minimum atomic E-state index is 0.708. The molecule has 1 heterocycles. The van der Waals surface area contributed by atoms with Gasteiger partial charge in [0, 0.05) is 10.3 Å². The molecule has 2 heteroatoms. The number of hydrogen-bond donors (Lipinski definition) is 0. The maximum Gasteiger partial charge on any atom is 0.1000 e. The van der Waals surface area contributed by atoms with Gasteiger partial charge in [0.2, 0.25) is 0 Å². The zero-order chi connectivity index (χ0) is 5.98. The van der Waals surface area contributed by atoms with E-state index in [2.05, 4.69) is 6.92 Å². The predicted molar refractivity (Wildman–Crippen MR) is 33.5 cm³/mol. The molecule has 0 amide bonds. The van der Waals surface area contributed by atoms with E-state index in [0.717, 1.165) is 4.88 Å². The van der Waals surface area contributed by atoms with Gasteiger partial charge >= 0.3 is 0 Å². The average molecular weight is 122 g/mol. The molecule has 0 spiro atoms. The molecule has 1 radical (unpaired) electrons. The second-order valence-electron chi connectivity index (χ2n) is 1.41. The summed E-state index contributed by atoms with van der Waals surface area (Å²) < 4.78 is 0. The van der Waals surface area contributed by atoms with Crippen LogP contribution in [0.5, 0.6) is 0 Å². The summed E-state index contributed by atoms with van der Waals surface area (Å²) in [5.74, 6) is 0. The van der Waals surface area contributed by atoms with E-state index in [9.17, 15) is 0 Å². The van der Waals surface area contributed by atoms with E-state index in [1.54, 1.807) is 11.4 Å². The summed E-state index contributed by atoms with van der Waals surface area (Å²) in [5, 5.41) is 10.1. The molecule has 0 unspecified atom stereocenters. The fourth-order valence-electron chi connectivity index (χ4n) is 0.439. The maximum atomic E-state index is 8.28. The van der Waals surface area contributed by atoms with Crippen LogP contribution in [0.3, 0.4) is 0 Å². The summed E-state index contributed by atoms with van der Waals surface area (Å²) in [4.78, 5) is 0.946. The van der Waals surface area contributed by atoms with E-state index in [1.807, 2.05) is 6.07 Å². The molecule has 1 nitrogen and oxygen atoms in total. The van der Waals surface area contributed by atoms with Gasteiger partial charge in [-0.1, -0.05) is 0 Å². The smallest absolute Gasteiger partial charge is 0.1000 e. The van der Waals surface area contributed by atoms with Crippen molar-refractivity contribution >= 4 is 11.3 Å². The third-order valence-corrected chi connectivity index (χ3v) is 1.58. The Morgan fingerprint density at radius 2 is 2.50 bits per heavy atom. The van der Waals surface area contributed by atoms with Crippen LogP contribution in [-0.4, -0.2) is 0 Å². The Morgan fingerprint density at radius 3 is 2.75 bits per heavy atom. The first-order valence-electron chi connectivity index (χ1n) is 2.13. The average Bonchev–Trinajstić information content (AvgIpc) is 2.14. The van der Waals surface area contributed by atoms with Crippen LogP contribution in [0, 0.1) is 18.3 Å². The molecule has 0 bridgehead atoms. The monoisotopic (exact) mass is 122 g/mol. The van der Waals surface area contributed by atoms with Crippen LogP contribution in [0.1, 0.15) is 10.4 Å². The molecule has 0 saturated heterocycles. The molecule has 0 atom stereocenters. The van der Waals surface area contributed by atoms with Gasteiger partial charge in [-0.25, -0.2) is 0 Å². The van der Waals surface area contributed by atoms with Crippen LogP contribution in [0.4, 0.5) is 0 Å². The lowest BCUT2D eigenvalue weighted by Gasteiger charge is -1.68. The molecule has 8 heavy (non-hydrogen) atoms. The first kappa shape index (κ1) is 5.33. The number of nitrogens with zero attached hydrogens (tertiary/aromatic N) is 1. The van der Waals surface area contributed by atoms with Gasteiger partial charge in [-0.2, -0.15) is 5.26 Å². The van der Waals surface area contributed by atoms with Crippen molar-refractivity contribution in [3.05, 3.63) is 28.8 Å². The van der Waals surface area contributed by atoms with Gasteiger partial charge in [-0.15, -0.1) is 11.3 Å². The lowest BCUT2D eigenvalue weighted by Crippen LogP contribution is -1.57. The third kappa shape index (κ3) is 0.877. The van der Waals surface area contributed by atoms with Gasteiger partial charge < -0.3 is 0 Å². The number of hydrogen-bond acceptors (Lipinski definition) is 2. The van der Waals surface area contributed by atoms with Crippen molar-refractivity contribution < 1.29 is 0 Å². The van der Waals surface area contributed by atoms with E-state index in [1.165, 1.54) is 11.3 Å². The Kier molecular flexibility index (Phi) is 1.32. The van der Waals surface area contributed by atoms with Gasteiger partial charge in [0.05, 0.1) is 11.6 Å². The largest absolute Gasteiger partial charge is 0.192 e. The van der Waals surface area contributed by atoms with Crippen LogP contribution in [0.15, 0.2) is 11.4 Å². The fourth-order valence-corrected chi connectivity index (χ4v) is 1.03. The second kappa shape index (κ2) is 1.97. The van der Waals surface area contributed by atoms with Crippen LogP contribution < -0.4 is 0 Å². The lowest BCUT2D eigenvalue weighted by atomic mass is 10.3. The van der Waals surface area contributed by atoms with Crippen molar-refractivity contribution in [2.24, 2.45) is 0 Å². The van der Waals surface area contributed by atoms with E-state index < -0.39 is 0 Å². The molecule has 0 aliphatic rings. The highest BCUT2D eigenvalue weighted by atomic mass is 32.1. The Morgan fingerprint density at radius 1 is 1.75 bits per heavy atom. The lowest BCUT2D eigenvalue weighted by molar-refractivity contribution is 1.51. The molecule has 0 aliphatic carbocycles. The molecule has 1 rings (SSSR count). The van der Waals surface area contributed by atoms with Gasteiger partial charge in [-0.3, -0.25) is 0 Å². The number of thiophene rings is 1.